The monoisotopic (exact) mass is 326 g/mol. The summed E-state index contributed by atoms with van der Waals surface area (Å²) in [6.45, 7) is 8.80. The second-order valence-electron chi connectivity index (χ2n) is 9.33. The van der Waals surface area contributed by atoms with Crippen LogP contribution in [0.15, 0.2) is 22.8 Å². The van der Waals surface area contributed by atoms with Crippen molar-refractivity contribution in [3.05, 3.63) is 22.8 Å². The molecule has 0 aromatic rings. The summed E-state index contributed by atoms with van der Waals surface area (Å²) in [6.07, 6.45) is 9.29. The minimum atomic E-state index is 0.108. The quantitative estimate of drug-likeness (QED) is 0.633. The Hall–Kier alpha value is -1.18. The van der Waals surface area contributed by atoms with Gasteiger partial charge in [0.2, 0.25) is 0 Å². The molecular formula is C22H30O2. The molecule has 4 rings (SSSR count). The van der Waals surface area contributed by atoms with Gasteiger partial charge in [-0.05, 0) is 63.2 Å². The molecule has 0 amide bonds. The summed E-state index contributed by atoms with van der Waals surface area (Å²) in [4.78, 5) is 24.2. The molecule has 0 heterocycles. The summed E-state index contributed by atoms with van der Waals surface area (Å²) in [5, 5.41) is 0. The van der Waals surface area contributed by atoms with Crippen LogP contribution in [0.1, 0.15) is 72.6 Å². The Bertz CT molecular complexity index is 682. The number of fused-ring (bicyclic) bond motifs is 5. The van der Waals surface area contributed by atoms with Crippen LogP contribution in [0.3, 0.4) is 0 Å². The molecule has 0 saturated heterocycles. The van der Waals surface area contributed by atoms with Crippen molar-refractivity contribution in [3.63, 3.8) is 0 Å². The molecule has 2 fully saturated rings. The van der Waals surface area contributed by atoms with Gasteiger partial charge in [-0.25, -0.2) is 0 Å². The number of Topliss-reactive ketones (excluding diaryl/α,β-unsaturated/α-hetero) is 2. The maximum atomic E-state index is 12.2. The van der Waals surface area contributed by atoms with Crippen molar-refractivity contribution in [2.75, 3.05) is 0 Å². The fourth-order valence-corrected chi connectivity index (χ4v) is 6.89. The molecule has 0 N–H and O–H groups in total. The predicted molar refractivity (Wildman–Crippen MR) is 95.5 cm³/mol. The van der Waals surface area contributed by atoms with Crippen molar-refractivity contribution in [1.82, 2.24) is 0 Å². The van der Waals surface area contributed by atoms with E-state index in [9.17, 15) is 9.59 Å². The largest absolute Gasteiger partial charge is 0.300 e. The van der Waals surface area contributed by atoms with Crippen molar-refractivity contribution in [1.29, 1.82) is 0 Å². The minimum Gasteiger partial charge on any atom is -0.300 e. The topological polar surface area (TPSA) is 34.1 Å². The second kappa shape index (κ2) is 5.16. The Morgan fingerprint density at radius 1 is 1.25 bits per heavy atom. The third kappa shape index (κ3) is 2.01. The van der Waals surface area contributed by atoms with Crippen molar-refractivity contribution in [3.8, 4) is 0 Å². The van der Waals surface area contributed by atoms with Crippen LogP contribution in [0.4, 0.5) is 0 Å². The molecular weight excluding hydrogens is 296 g/mol. The van der Waals surface area contributed by atoms with Crippen LogP contribution in [0.25, 0.3) is 0 Å². The van der Waals surface area contributed by atoms with E-state index in [4.69, 9.17) is 0 Å². The van der Waals surface area contributed by atoms with E-state index in [0.29, 0.717) is 29.8 Å². The molecule has 2 saturated carbocycles. The SMILES string of the molecule is CC(=O)[C@H]1CCC2C3CC(C)=C4CC(=O)CCC4(C)C3=CCC21C. The fraction of sp³-hybridized carbons (Fsp3) is 0.727. The molecule has 130 valence electrons. The number of carbonyl (C=O) groups is 2. The molecule has 4 unspecified atom stereocenters. The summed E-state index contributed by atoms with van der Waals surface area (Å²) in [7, 11) is 0. The highest BCUT2D eigenvalue weighted by atomic mass is 16.1. The first-order valence-electron chi connectivity index (χ1n) is 9.69. The Kier molecular flexibility index (Phi) is 3.50. The van der Waals surface area contributed by atoms with Gasteiger partial charge in [0.05, 0.1) is 0 Å². The average molecular weight is 326 g/mol. The number of hydrogen-bond acceptors (Lipinski definition) is 2. The third-order valence-corrected chi connectivity index (χ3v) is 8.17. The van der Waals surface area contributed by atoms with Crippen molar-refractivity contribution < 1.29 is 9.59 Å². The first-order chi connectivity index (χ1) is 11.3. The van der Waals surface area contributed by atoms with E-state index >= 15 is 0 Å². The summed E-state index contributed by atoms with van der Waals surface area (Å²) >= 11 is 0. The highest BCUT2D eigenvalue weighted by Gasteiger charge is 2.57. The zero-order chi connectivity index (χ0) is 17.3. The average Bonchev–Trinajstić information content (AvgIpc) is 2.87. The molecule has 2 heteroatoms. The number of hydrogen-bond donors (Lipinski definition) is 0. The van der Waals surface area contributed by atoms with Gasteiger partial charge in [-0.3, -0.25) is 9.59 Å². The first-order valence-corrected chi connectivity index (χ1v) is 9.69. The molecule has 2 nitrogen and oxygen atoms in total. The molecule has 24 heavy (non-hydrogen) atoms. The maximum absolute atomic E-state index is 12.2. The summed E-state index contributed by atoms with van der Waals surface area (Å²) in [6, 6.07) is 0. The van der Waals surface area contributed by atoms with Gasteiger partial charge in [-0.2, -0.15) is 0 Å². The van der Waals surface area contributed by atoms with E-state index in [1.165, 1.54) is 17.6 Å². The van der Waals surface area contributed by atoms with Crippen LogP contribution in [0, 0.1) is 28.6 Å². The molecule has 0 aromatic heterocycles. The van der Waals surface area contributed by atoms with Crippen molar-refractivity contribution in [2.24, 2.45) is 28.6 Å². The smallest absolute Gasteiger partial charge is 0.137 e. The molecule has 0 bridgehead atoms. The fourth-order valence-electron chi connectivity index (χ4n) is 6.89. The molecule has 4 aliphatic rings. The van der Waals surface area contributed by atoms with E-state index in [1.807, 2.05) is 0 Å². The lowest BCUT2D eigenvalue weighted by molar-refractivity contribution is -0.125. The van der Waals surface area contributed by atoms with Crippen molar-refractivity contribution >= 4 is 11.6 Å². The molecule has 0 aromatic carbocycles. The first kappa shape index (κ1) is 16.3. The van der Waals surface area contributed by atoms with Crippen LogP contribution in [0.2, 0.25) is 0 Å². The number of allylic oxidation sites excluding steroid dienone is 4. The van der Waals surface area contributed by atoms with Gasteiger partial charge < -0.3 is 0 Å². The van der Waals surface area contributed by atoms with E-state index in [1.54, 1.807) is 12.5 Å². The van der Waals surface area contributed by atoms with Gasteiger partial charge >= 0.3 is 0 Å². The van der Waals surface area contributed by atoms with Gasteiger partial charge in [0.15, 0.2) is 0 Å². The zero-order valence-corrected chi connectivity index (χ0v) is 15.6. The summed E-state index contributed by atoms with van der Waals surface area (Å²) in [5.74, 6) is 2.27. The highest BCUT2D eigenvalue weighted by Crippen LogP contribution is 2.64. The standard InChI is InChI=1S/C22H30O2/c1-13-11-16-18-6-5-17(14(2)23)21(18,3)10-8-19(16)22(4)9-7-15(24)12-20(13)22/h8,16-18H,5-7,9-12H2,1-4H3/t16?,17-,18?,21?,22?/m1/s1. The zero-order valence-electron chi connectivity index (χ0n) is 15.6. The van der Waals surface area contributed by atoms with E-state index in [-0.39, 0.29) is 16.7 Å². The Morgan fingerprint density at radius 2 is 2.00 bits per heavy atom. The summed E-state index contributed by atoms with van der Waals surface area (Å²) < 4.78 is 0. The van der Waals surface area contributed by atoms with Gasteiger partial charge in [0.25, 0.3) is 0 Å². The normalized spacial score (nSPS) is 44.6. The van der Waals surface area contributed by atoms with Crippen LogP contribution >= 0.6 is 0 Å². The van der Waals surface area contributed by atoms with E-state index in [0.717, 1.165) is 32.1 Å². The van der Waals surface area contributed by atoms with Crippen LogP contribution in [0.5, 0.6) is 0 Å². The van der Waals surface area contributed by atoms with E-state index in [2.05, 4.69) is 26.8 Å². The summed E-state index contributed by atoms with van der Waals surface area (Å²) in [5.41, 5.74) is 4.76. The van der Waals surface area contributed by atoms with Gasteiger partial charge in [0.1, 0.15) is 11.6 Å². The number of carbonyl (C=O) groups excluding carboxylic acids is 2. The van der Waals surface area contributed by atoms with Crippen LogP contribution in [-0.4, -0.2) is 11.6 Å². The number of ketones is 2. The molecule has 5 atom stereocenters. The Labute approximate surface area is 145 Å². The lowest BCUT2D eigenvalue weighted by Crippen LogP contribution is -2.45. The third-order valence-electron chi connectivity index (χ3n) is 8.17. The Morgan fingerprint density at radius 3 is 2.71 bits per heavy atom. The lowest BCUT2D eigenvalue weighted by atomic mass is 9.50. The van der Waals surface area contributed by atoms with Crippen LogP contribution < -0.4 is 0 Å². The van der Waals surface area contributed by atoms with E-state index < -0.39 is 0 Å². The second-order valence-corrected chi connectivity index (χ2v) is 9.33. The minimum absolute atomic E-state index is 0.108. The van der Waals surface area contributed by atoms with Crippen LogP contribution in [-0.2, 0) is 9.59 Å². The molecule has 4 aliphatic carbocycles. The molecule has 0 aliphatic heterocycles. The number of rotatable bonds is 1. The Balaban J connectivity index is 1.77. The van der Waals surface area contributed by atoms with Gasteiger partial charge in [0, 0.05) is 24.2 Å². The maximum Gasteiger partial charge on any atom is 0.137 e. The lowest BCUT2D eigenvalue weighted by Gasteiger charge is -2.53. The van der Waals surface area contributed by atoms with Crippen molar-refractivity contribution in [2.45, 2.75) is 72.6 Å². The van der Waals surface area contributed by atoms with Gasteiger partial charge in [-0.1, -0.05) is 36.6 Å². The van der Waals surface area contributed by atoms with Gasteiger partial charge in [-0.15, -0.1) is 0 Å². The molecule has 0 radical (unpaired) electrons. The highest BCUT2D eigenvalue weighted by molar-refractivity contribution is 5.83. The molecule has 0 spiro atoms. The predicted octanol–water partition coefficient (Wildman–Crippen LogP) is 5.03.